The molecule has 0 aliphatic heterocycles. The smallest absolute Gasteiger partial charge is 0.230 e. The van der Waals surface area contributed by atoms with E-state index in [0.717, 1.165) is 38.2 Å². The van der Waals surface area contributed by atoms with Crippen LogP contribution in [0.15, 0.2) is 35.3 Å². The highest BCUT2D eigenvalue weighted by Crippen LogP contribution is 2.38. The molecule has 6 nitrogen and oxygen atoms in total. The normalized spacial score (nSPS) is 17.6. The Hall–Kier alpha value is -2.08. The third kappa shape index (κ3) is 5.45. The van der Waals surface area contributed by atoms with E-state index in [2.05, 4.69) is 58.9 Å². The Kier molecular flexibility index (Phi) is 7.66. The van der Waals surface area contributed by atoms with Gasteiger partial charge in [-0.3, -0.25) is 9.79 Å². The maximum atomic E-state index is 12.7. The summed E-state index contributed by atoms with van der Waals surface area (Å²) in [5.41, 5.74) is 0.960. The highest BCUT2D eigenvalue weighted by atomic mass is 16.2. The van der Waals surface area contributed by atoms with E-state index >= 15 is 0 Å². The lowest BCUT2D eigenvalue weighted by Gasteiger charge is -2.32. The first-order valence-corrected chi connectivity index (χ1v) is 9.77. The van der Waals surface area contributed by atoms with Gasteiger partial charge in [-0.15, -0.1) is 0 Å². The molecule has 150 valence electrons. The molecule has 0 bridgehead atoms. The van der Waals surface area contributed by atoms with Crippen molar-refractivity contribution in [3.05, 3.63) is 35.9 Å². The van der Waals surface area contributed by atoms with Crippen LogP contribution < -0.4 is 10.6 Å². The summed E-state index contributed by atoms with van der Waals surface area (Å²) in [7, 11) is 9.63. The van der Waals surface area contributed by atoms with E-state index < -0.39 is 0 Å². The summed E-state index contributed by atoms with van der Waals surface area (Å²) in [6.45, 7) is 1.37. The van der Waals surface area contributed by atoms with Crippen LogP contribution in [0.3, 0.4) is 0 Å². The molecule has 0 heterocycles. The maximum Gasteiger partial charge on any atom is 0.230 e. The van der Waals surface area contributed by atoms with Gasteiger partial charge in [-0.2, -0.15) is 0 Å². The van der Waals surface area contributed by atoms with Crippen LogP contribution in [0.4, 0.5) is 0 Å². The van der Waals surface area contributed by atoms with Crippen molar-refractivity contribution in [3.8, 4) is 0 Å². The lowest BCUT2D eigenvalue weighted by atomic mass is 9.84. The van der Waals surface area contributed by atoms with Crippen molar-refractivity contribution in [1.82, 2.24) is 20.4 Å². The van der Waals surface area contributed by atoms with Gasteiger partial charge in [0, 0.05) is 34.2 Å². The number of aliphatic imine (C=N–C) groups is 1. The third-order valence-corrected chi connectivity index (χ3v) is 5.51. The molecule has 0 aromatic heterocycles. The molecule has 1 aliphatic rings. The number of nitrogens with zero attached hydrogens (tertiary/aromatic N) is 3. The predicted molar refractivity (Wildman–Crippen MR) is 112 cm³/mol. The number of carbonyl (C=O) groups is 1. The van der Waals surface area contributed by atoms with Crippen molar-refractivity contribution in [2.75, 3.05) is 48.3 Å². The molecule has 1 aromatic rings. The molecular weight excluding hydrogens is 338 g/mol. The molecule has 2 rings (SSSR count). The summed E-state index contributed by atoms with van der Waals surface area (Å²) in [5, 5.41) is 6.84. The number of likely N-dealkylation sites (N-methyl/N-ethyl adjacent to an activating group) is 1. The largest absolute Gasteiger partial charge is 0.355 e. The van der Waals surface area contributed by atoms with Crippen LogP contribution in [0.1, 0.15) is 37.3 Å². The highest BCUT2D eigenvalue weighted by Gasteiger charge is 2.42. The van der Waals surface area contributed by atoms with Crippen LogP contribution in [0, 0.1) is 5.41 Å². The van der Waals surface area contributed by atoms with E-state index in [1.54, 1.807) is 11.9 Å². The van der Waals surface area contributed by atoms with Crippen LogP contribution >= 0.6 is 0 Å². The molecule has 1 amide bonds. The summed E-state index contributed by atoms with van der Waals surface area (Å²) in [5.74, 6) is 0.967. The van der Waals surface area contributed by atoms with Gasteiger partial charge in [0.25, 0.3) is 0 Å². The van der Waals surface area contributed by atoms with E-state index in [1.807, 2.05) is 20.2 Å². The molecule has 0 spiro atoms. The number of nitrogens with one attached hydrogen (secondary N) is 2. The van der Waals surface area contributed by atoms with Gasteiger partial charge in [-0.05, 0) is 32.5 Å². The molecule has 0 radical (unpaired) electrons. The van der Waals surface area contributed by atoms with E-state index in [4.69, 9.17) is 0 Å². The zero-order valence-corrected chi connectivity index (χ0v) is 17.5. The topological polar surface area (TPSA) is 60.0 Å². The minimum atomic E-state index is -0.304. The molecule has 27 heavy (non-hydrogen) atoms. The van der Waals surface area contributed by atoms with Crippen molar-refractivity contribution in [1.29, 1.82) is 0 Å². The average molecular weight is 374 g/mol. The number of hydrogen-bond donors (Lipinski definition) is 2. The third-order valence-electron chi connectivity index (χ3n) is 5.51. The van der Waals surface area contributed by atoms with E-state index in [0.29, 0.717) is 6.54 Å². The first-order valence-electron chi connectivity index (χ1n) is 9.77. The number of benzene rings is 1. The van der Waals surface area contributed by atoms with Gasteiger partial charge in [-0.25, -0.2) is 0 Å². The summed E-state index contributed by atoms with van der Waals surface area (Å²) in [4.78, 5) is 21.0. The van der Waals surface area contributed by atoms with Crippen molar-refractivity contribution >= 4 is 11.9 Å². The standard InChI is InChI=1S/C21H35N5O/c1-22-20(23-15-18(25(2)3)17-11-7-6-8-12-17)24-16-21(13-9-10-14-21)19(27)26(4)5/h6-8,11-12,18H,9-10,13-16H2,1-5H3,(H2,22,23,24). The molecule has 0 saturated heterocycles. The highest BCUT2D eigenvalue weighted by molar-refractivity contribution is 5.85. The zero-order chi connectivity index (χ0) is 19.9. The monoisotopic (exact) mass is 373 g/mol. The lowest BCUT2D eigenvalue weighted by molar-refractivity contribution is -0.138. The van der Waals surface area contributed by atoms with Gasteiger partial charge in [0.2, 0.25) is 5.91 Å². The summed E-state index contributed by atoms with van der Waals surface area (Å²) in [6.07, 6.45) is 4.12. The van der Waals surface area contributed by atoms with E-state index in [9.17, 15) is 4.79 Å². The predicted octanol–water partition coefficient (Wildman–Crippen LogP) is 2.10. The Morgan fingerprint density at radius 3 is 2.26 bits per heavy atom. The zero-order valence-electron chi connectivity index (χ0n) is 17.5. The second-order valence-electron chi connectivity index (χ2n) is 7.88. The summed E-state index contributed by atoms with van der Waals surface area (Å²) in [6, 6.07) is 10.7. The Balaban J connectivity index is 1.98. The van der Waals surface area contributed by atoms with Crippen LogP contribution in [0.5, 0.6) is 0 Å². The Labute approximate surface area is 164 Å². The van der Waals surface area contributed by atoms with Gasteiger partial charge in [0.1, 0.15) is 0 Å². The van der Waals surface area contributed by atoms with Crippen LogP contribution in [-0.4, -0.2) is 70.0 Å². The second kappa shape index (κ2) is 9.74. The Morgan fingerprint density at radius 1 is 1.11 bits per heavy atom. The average Bonchev–Trinajstić information content (AvgIpc) is 3.14. The first-order chi connectivity index (χ1) is 12.9. The number of rotatable bonds is 7. The van der Waals surface area contributed by atoms with Crippen molar-refractivity contribution < 1.29 is 4.79 Å². The van der Waals surface area contributed by atoms with Crippen LogP contribution in [0.2, 0.25) is 0 Å². The molecule has 1 aliphatic carbocycles. The molecule has 1 aromatic carbocycles. The van der Waals surface area contributed by atoms with Crippen molar-refractivity contribution in [3.63, 3.8) is 0 Å². The van der Waals surface area contributed by atoms with Gasteiger partial charge in [0.15, 0.2) is 5.96 Å². The second-order valence-corrected chi connectivity index (χ2v) is 7.88. The Bertz CT molecular complexity index is 621. The van der Waals surface area contributed by atoms with Crippen molar-refractivity contribution in [2.24, 2.45) is 10.4 Å². The van der Waals surface area contributed by atoms with Gasteiger partial charge in [0.05, 0.1) is 11.5 Å². The number of guanidine groups is 1. The molecule has 1 fully saturated rings. The minimum absolute atomic E-state index is 0.221. The molecular formula is C21H35N5O. The fourth-order valence-corrected chi connectivity index (χ4v) is 3.93. The number of amides is 1. The molecule has 1 unspecified atom stereocenters. The number of hydrogen-bond acceptors (Lipinski definition) is 3. The summed E-state index contributed by atoms with van der Waals surface area (Å²) >= 11 is 0. The Morgan fingerprint density at radius 2 is 1.74 bits per heavy atom. The van der Waals surface area contributed by atoms with E-state index in [1.165, 1.54) is 5.56 Å². The van der Waals surface area contributed by atoms with Gasteiger partial charge in [-0.1, -0.05) is 43.2 Å². The fourth-order valence-electron chi connectivity index (χ4n) is 3.93. The minimum Gasteiger partial charge on any atom is -0.355 e. The summed E-state index contributed by atoms with van der Waals surface area (Å²) < 4.78 is 0. The maximum absolute atomic E-state index is 12.7. The molecule has 6 heteroatoms. The fraction of sp³-hybridized carbons (Fsp3) is 0.619. The van der Waals surface area contributed by atoms with E-state index in [-0.39, 0.29) is 17.4 Å². The van der Waals surface area contributed by atoms with Crippen molar-refractivity contribution in [2.45, 2.75) is 31.7 Å². The SMILES string of the molecule is CN=C(NCC(c1ccccc1)N(C)C)NCC1(C(=O)N(C)C)CCCC1. The quantitative estimate of drug-likeness (QED) is 0.568. The van der Waals surface area contributed by atoms with Crippen LogP contribution in [-0.2, 0) is 4.79 Å². The lowest BCUT2D eigenvalue weighted by Crippen LogP contribution is -2.50. The first kappa shape index (κ1) is 21.2. The number of carbonyl (C=O) groups excluding carboxylic acids is 1. The molecule has 2 N–H and O–H groups in total. The molecule has 1 saturated carbocycles. The molecule has 1 atom stereocenters. The van der Waals surface area contributed by atoms with Gasteiger partial charge < -0.3 is 20.4 Å². The van der Waals surface area contributed by atoms with Crippen LogP contribution in [0.25, 0.3) is 0 Å². The van der Waals surface area contributed by atoms with Gasteiger partial charge >= 0.3 is 0 Å².